The first-order valence-corrected chi connectivity index (χ1v) is 8.48. The fourth-order valence-corrected chi connectivity index (χ4v) is 3.71. The SMILES string of the molecule is Cc1ccccc1S(=O)(=O)Oc1ccc2c(c1)C(C)(C)CO2. The van der Waals surface area contributed by atoms with E-state index in [-0.39, 0.29) is 10.3 Å². The Morgan fingerprint density at radius 3 is 2.59 bits per heavy atom. The van der Waals surface area contributed by atoms with Crippen LogP contribution in [0.15, 0.2) is 47.4 Å². The van der Waals surface area contributed by atoms with E-state index < -0.39 is 10.1 Å². The van der Waals surface area contributed by atoms with Gasteiger partial charge in [0.1, 0.15) is 16.4 Å². The van der Waals surface area contributed by atoms with Crippen molar-refractivity contribution in [3.63, 3.8) is 0 Å². The van der Waals surface area contributed by atoms with Gasteiger partial charge in [-0.15, -0.1) is 0 Å². The fraction of sp³-hybridized carbons (Fsp3) is 0.294. The van der Waals surface area contributed by atoms with Gasteiger partial charge < -0.3 is 8.92 Å². The predicted octanol–water partition coefficient (Wildman–Crippen LogP) is 3.43. The van der Waals surface area contributed by atoms with Crippen LogP contribution in [0.1, 0.15) is 25.0 Å². The monoisotopic (exact) mass is 318 g/mol. The Bertz CT molecular complexity index is 822. The molecule has 1 aliphatic rings. The number of fused-ring (bicyclic) bond motifs is 1. The lowest BCUT2D eigenvalue weighted by molar-refractivity contribution is 0.291. The lowest BCUT2D eigenvalue weighted by Crippen LogP contribution is -2.18. The van der Waals surface area contributed by atoms with E-state index in [1.54, 1.807) is 49.4 Å². The summed E-state index contributed by atoms with van der Waals surface area (Å²) < 4.78 is 35.8. The topological polar surface area (TPSA) is 52.6 Å². The smallest absolute Gasteiger partial charge is 0.339 e. The van der Waals surface area contributed by atoms with Crippen LogP contribution in [0.2, 0.25) is 0 Å². The van der Waals surface area contributed by atoms with Crippen LogP contribution in [-0.4, -0.2) is 15.0 Å². The average Bonchev–Trinajstić information content (AvgIpc) is 2.74. The lowest BCUT2D eigenvalue weighted by Gasteiger charge is -2.16. The summed E-state index contributed by atoms with van der Waals surface area (Å²) in [5.41, 5.74) is 1.47. The van der Waals surface area contributed by atoms with Gasteiger partial charge in [-0.25, -0.2) is 0 Å². The second-order valence-corrected chi connectivity index (χ2v) is 7.65. The second-order valence-electron chi connectivity index (χ2n) is 6.13. The summed E-state index contributed by atoms with van der Waals surface area (Å²) in [4.78, 5) is 0.186. The van der Waals surface area contributed by atoms with Gasteiger partial charge in [-0.2, -0.15) is 8.42 Å². The molecule has 0 N–H and O–H groups in total. The summed E-state index contributed by atoms with van der Waals surface area (Å²) in [6, 6.07) is 11.9. The Morgan fingerprint density at radius 1 is 1.14 bits per heavy atom. The van der Waals surface area contributed by atoms with Crippen molar-refractivity contribution in [2.45, 2.75) is 31.1 Å². The van der Waals surface area contributed by atoms with E-state index in [0.717, 1.165) is 11.3 Å². The van der Waals surface area contributed by atoms with Crippen molar-refractivity contribution < 1.29 is 17.3 Å². The molecule has 0 amide bonds. The highest BCUT2D eigenvalue weighted by atomic mass is 32.2. The second kappa shape index (κ2) is 5.02. The third-order valence-corrected chi connectivity index (χ3v) is 5.25. The Hall–Kier alpha value is -2.01. The van der Waals surface area contributed by atoms with Crippen LogP contribution in [0.4, 0.5) is 0 Å². The molecular weight excluding hydrogens is 300 g/mol. The normalized spacial score (nSPS) is 16.0. The maximum Gasteiger partial charge on any atom is 0.339 e. The molecule has 0 radical (unpaired) electrons. The molecule has 0 unspecified atom stereocenters. The van der Waals surface area contributed by atoms with E-state index >= 15 is 0 Å². The van der Waals surface area contributed by atoms with Crippen molar-refractivity contribution in [1.29, 1.82) is 0 Å². The maximum atomic E-state index is 12.4. The van der Waals surface area contributed by atoms with E-state index in [0.29, 0.717) is 17.9 Å². The molecule has 0 aliphatic carbocycles. The van der Waals surface area contributed by atoms with Crippen LogP contribution in [0.3, 0.4) is 0 Å². The molecule has 2 aromatic rings. The van der Waals surface area contributed by atoms with Crippen LogP contribution >= 0.6 is 0 Å². The molecule has 0 saturated carbocycles. The molecule has 116 valence electrons. The molecule has 0 aromatic heterocycles. The van der Waals surface area contributed by atoms with Crippen LogP contribution < -0.4 is 8.92 Å². The van der Waals surface area contributed by atoms with Crippen LogP contribution in [0.25, 0.3) is 0 Å². The van der Waals surface area contributed by atoms with Crippen molar-refractivity contribution in [2.75, 3.05) is 6.61 Å². The number of hydrogen-bond acceptors (Lipinski definition) is 4. The molecule has 0 fully saturated rings. The zero-order valence-electron chi connectivity index (χ0n) is 12.8. The quantitative estimate of drug-likeness (QED) is 0.814. The molecule has 0 saturated heterocycles. The number of hydrogen-bond donors (Lipinski definition) is 0. The summed E-state index contributed by atoms with van der Waals surface area (Å²) in [5.74, 6) is 1.09. The molecule has 4 nitrogen and oxygen atoms in total. The minimum atomic E-state index is -3.84. The molecule has 0 bridgehead atoms. The van der Waals surface area contributed by atoms with Gasteiger partial charge >= 0.3 is 10.1 Å². The maximum absolute atomic E-state index is 12.4. The molecule has 2 aromatic carbocycles. The van der Waals surface area contributed by atoms with E-state index in [2.05, 4.69) is 13.8 Å². The molecule has 0 atom stereocenters. The molecule has 22 heavy (non-hydrogen) atoms. The van der Waals surface area contributed by atoms with Crippen molar-refractivity contribution >= 4 is 10.1 Å². The highest BCUT2D eigenvalue weighted by molar-refractivity contribution is 7.87. The molecule has 0 spiro atoms. The Morgan fingerprint density at radius 2 is 1.86 bits per heavy atom. The number of benzene rings is 2. The van der Waals surface area contributed by atoms with Crippen LogP contribution in [0.5, 0.6) is 11.5 Å². The van der Waals surface area contributed by atoms with Crippen molar-refractivity contribution in [3.8, 4) is 11.5 Å². The molecule has 5 heteroatoms. The number of aryl methyl sites for hydroxylation is 1. The Kier molecular flexibility index (Phi) is 3.40. The number of ether oxygens (including phenoxy) is 1. The first kappa shape index (κ1) is 14.9. The van der Waals surface area contributed by atoms with Crippen molar-refractivity contribution in [2.24, 2.45) is 0 Å². The fourth-order valence-electron chi connectivity index (χ4n) is 2.56. The van der Waals surface area contributed by atoms with Gasteiger partial charge in [-0.3, -0.25) is 0 Å². The van der Waals surface area contributed by atoms with E-state index in [4.69, 9.17) is 8.92 Å². The molecule has 1 aliphatic heterocycles. The summed E-state index contributed by atoms with van der Waals surface area (Å²) in [6.45, 7) is 6.43. The summed E-state index contributed by atoms with van der Waals surface area (Å²) in [6.07, 6.45) is 0. The largest absolute Gasteiger partial charge is 0.492 e. The number of rotatable bonds is 3. The van der Waals surface area contributed by atoms with Crippen LogP contribution in [-0.2, 0) is 15.5 Å². The van der Waals surface area contributed by atoms with Crippen molar-refractivity contribution in [1.82, 2.24) is 0 Å². The van der Waals surface area contributed by atoms with Gasteiger partial charge in [0, 0.05) is 11.0 Å². The predicted molar refractivity (Wildman–Crippen MR) is 84.0 cm³/mol. The lowest BCUT2D eigenvalue weighted by atomic mass is 9.87. The van der Waals surface area contributed by atoms with E-state index in [9.17, 15) is 8.42 Å². The third kappa shape index (κ3) is 2.57. The van der Waals surface area contributed by atoms with E-state index in [1.807, 2.05) is 0 Å². The zero-order chi connectivity index (χ0) is 16.0. The van der Waals surface area contributed by atoms with Crippen molar-refractivity contribution in [3.05, 3.63) is 53.6 Å². The summed E-state index contributed by atoms with van der Waals surface area (Å²) in [5, 5.41) is 0. The molecule has 1 heterocycles. The average molecular weight is 318 g/mol. The summed E-state index contributed by atoms with van der Waals surface area (Å²) in [7, 11) is -3.84. The van der Waals surface area contributed by atoms with Crippen LogP contribution in [0, 0.1) is 6.92 Å². The van der Waals surface area contributed by atoms with Gasteiger partial charge in [0.25, 0.3) is 0 Å². The Labute approximate surface area is 130 Å². The van der Waals surface area contributed by atoms with Gasteiger partial charge in [0.15, 0.2) is 0 Å². The molecular formula is C17H18O4S. The molecule has 3 rings (SSSR count). The standard InChI is InChI=1S/C17H18O4S/c1-12-6-4-5-7-16(12)22(18,19)21-13-8-9-15-14(10-13)17(2,3)11-20-15/h4-10H,11H2,1-3H3. The minimum absolute atomic E-state index is 0.152. The first-order chi connectivity index (χ1) is 10.3. The zero-order valence-corrected chi connectivity index (χ0v) is 13.6. The van der Waals surface area contributed by atoms with Gasteiger partial charge in [-0.1, -0.05) is 32.0 Å². The van der Waals surface area contributed by atoms with Gasteiger partial charge in [-0.05, 0) is 36.8 Å². The van der Waals surface area contributed by atoms with Gasteiger partial charge in [0.05, 0.1) is 6.61 Å². The minimum Gasteiger partial charge on any atom is -0.492 e. The highest BCUT2D eigenvalue weighted by Gasteiger charge is 2.32. The Balaban J connectivity index is 1.96. The third-order valence-electron chi connectivity index (χ3n) is 3.84. The van der Waals surface area contributed by atoms with Gasteiger partial charge in [0.2, 0.25) is 0 Å². The summed E-state index contributed by atoms with van der Waals surface area (Å²) >= 11 is 0. The first-order valence-electron chi connectivity index (χ1n) is 7.07. The van der Waals surface area contributed by atoms with E-state index in [1.165, 1.54) is 0 Å². The highest BCUT2D eigenvalue weighted by Crippen LogP contribution is 2.40.